The molecule has 0 spiro atoms. The Kier molecular flexibility index (Phi) is 6.21. The molecule has 1 aromatic carbocycles. The van der Waals surface area contributed by atoms with Gasteiger partial charge in [0.1, 0.15) is 5.82 Å². The van der Waals surface area contributed by atoms with Crippen molar-refractivity contribution in [3.63, 3.8) is 0 Å². The Labute approximate surface area is 129 Å². The van der Waals surface area contributed by atoms with Gasteiger partial charge in [-0.3, -0.25) is 9.69 Å². The molecule has 0 aromatic heterocycles. The summed E-state index contributed by atoms with van der Waals surface area (Å²) >= 11 is 0. The van der Waals surface area contributed by atoms with Crippen LogP contribution in [0, 0.1) is 5.82 Å². The molecular formula is C14H19FN2O4S. The topological polar surface area (TPSA) is 86.7 Å². The van der Waals surface area contributed by atoms with E-state index in [2.05, 4.69) is 6.58 Å². The van der Waals surface area contributed by atoms with Crippen molar-refractivity contribution in [3.8, 4) is 0 Å². The summed E-state index contributed by atoms with van der Waals surface area (Å²) in [5.74, 6) is -1.90. The lowest BCUT2D eigenvalue weighted by Gasteiger charge is -2.30. The van der Waals surface area contributed by atoms with Crippen LogP contribution in [0.15, 0.2) is 36.9 Å². The molecule has 2 N–H and O–H groups in total. The fraction of sp³-hybridized carbons (Fsp3) is 0.357. The first-order valence-electron chi connectivity index (χ1n) is 6.54. The zero-order chi connectivity index (χ0) is 16.9. The normalized spacial score (nSPS) is 13.2. The van der Waals surface area contributed by atoms with Crippen molar-refractivity contribution in [3.05, 3.63) is 48.3 Å². The smallest absolute Gasteiger partial charge is 0.267 e. The maximum Gasteiger partial charge on any atom is 0.267 e. The van der Waals surface area contributed by atoms with Gasteiger partial charge >= 0.3 is 0 Å². The van der Waals surface area contributed by atoms with Crippen LogP contribution in [0.1, 0.15) is 24.2 Å². The van der Waals surface area contributed by atoms with Gasteiger partial charge in [-0.1, -0.05) is 18.2 Å². The van der Waals surface area contributed by atoms with Crippen LogP contribution in [0.3, 0.4) is 0 Å². The van der Waals surface area contributed by atoms with Crippen LogP contribution in [-0.2, 0) is 10.0 Å². The first-order chi connectivity index (χ1) is 10.2. The summed E-state index contributed by atoms with van der Waals surface area (Å²) in [6.45, 7) is 6.24. The van der Waals surface area contributed by atoms with Crippen LogP contribution >= 0.6 is 0 Å². The molecule has 1 aromatic rings. The highest BCUT2D eigenvalue weighted by molar-refractivity contribution is 7.90. The number of rotatable bonds is 7. The minimum Gasteiger partial charge on any atom is -0.381 e. The predicted octanol–water partition coefficient (Wildman–Crippen LogP) is 1.06. The third-order valence-corrected chi connectivity index (χ3v) is 4.60. The van der Waals surface area contributed by atoms with Gasteiger partial charge in [-0.15, -0.1) is 6.58 Å². The van der Waals surface area contributed by atoms with Gasteiger partial charge in [-0.05, 0) is 26.0 Å². The number of hydrogen-bond acceptors (Lipinski definition) is 5. The number of nitrogens with zero attached hydrogens (tertiary/aromatic N) is 1. The Hall–Kier alpha value is -1.77. The van der Waals surface area contributed by atoms with E-state index in [1.807, 2.05) is 0 Å². The summed E-state index contributed by atoms with van der Waals surface area (Å²) in [6, 6.07) is 4.73. The SMILES string of the molecule is C=CC(N(CO)C(C)C)S(=O)(=O)NC(=O)c1ccccc1F. The lowest BCUT2D eigenvalue weighted by Crippen LogP contribution is -2.50. The second-order valence-electron chi connectivity index (χ2n) is 4.83. The maximum atomic E-state index is 13.5. The molecule has 1 rings (SSSR count). The molecule has 1 atom stereocenters. The Bertz CT molecular complexity index is 646. The summed E-state index contributed by atoms with van der Waals surface area (Å²) < 4.78 is 39.9. The van der Waals surface area contributed by atoms with E-state index >= 15 is 0 Å². The number of aliphatic hydroxyl groups is 1. The monoisotopic (exact) mass is 330 g/mol. The van der Waals surface area contributed by atoms with E-state index in [4.69, 9.17) is 0 Å². The molecule has 1 amide bonds. The van der Waals surface area contributed by atoms with Gasteiger partial charge in [0.05, 0.1) is 12.3 Å². The van der Waals surface area contributed by atoms with E-state index in [1.54, 1.807) is 18.6 Å². The molecule has 0 heterocycles. The van der Waals surface area contributed by atoms with Gasteiger partial charge in [0.25, 0.3) is 15.9 Å². The number of hydrogen-bond donors (Lipinski definition) is 2. The molecule has 122 valence electrons. The zero-order valence-electron chi connectivity index (χ0n) is 12.4. The first kappa shape index (κ1) is 18.3. The average molecular weight is 330 g/mol. The van der Waals surface area contributed by atoms with Crippen molar-refractivity contribution >= 4 is 15.9 Å². The zero-order valence-corrected chi connectivity index (χ0v) is 13.2. The number of amides is 1. The number of benzene rings is 1. The quantitative estimate of drug-likeness (QED) is 0.577. The average Bonchev–Trinajstić information content (AvgIpc) is 2.43. The summed E-state index contributed by atoms with van der Waals surface area (Å²) in [4.78, 5) is 13.1. The van der Waals surface area contributed by atoms with Crippen molar-refractivity contribution in [2.75, 3.05) is 6.73 Å². The summed E-state index contributed by atoms with van der Waals surface area (Å²) in [6.07, 6.45) is 1.09. The molecule has 6 nitrogen and oxygen atoms in total. The fourth-order valence-corrected chi connectivity index (χ4v) is 3.28. The standard InChI is InChI=1S/C14H19FN2O4S/c1-4-13(17(9-18)10(2)3)22(20,21)16-14(19)11-7-5-6-8-12(11)15/h4-8,10,13,18H,1,9H2,2-3H3,(H,16,19). The van der Waals surface area contributed by atoms with Crippen LogP contribution in [0.5, 0.6) is 0 Å². The Balaban J connectivity index is 3.06. The number of sulfonamides is 1. The van der Waals surface area contributed by atoms with Gasteiger partial charge in [-0.25, -0.2) is 17.5 Å². The van der Waals surface area contributed by atoms with Gasteiger partial charge in [0.15, 0.2) is 5.37 Å². The molecular weight excluding hydrogens is 311 g/mol. The number of aliphatic hydroxyl groups excluding tert-OH is 1. The van der Waals surface area contributed by atoms with E-state index in [0.717, 1.165) is 12.1 Å². The molecule has 8 heteroatoms. The maximum absolute atomic E-state index is 13.5. The Morgan fingerprint density at radius 1 is 1.45 bits per heavy atom. The van der Waals surface area contributed by atoms with E-state index in [0.29, 0.717) is 0 Å². The number of carbonyl (C=O) groups excluding carboxylic acids is 1. The fourth-order valence-electron chi connectivity index (χ4n) is 1.87. The van der Waals surface area contributed by atoms with E-state index in [9.17, 15) is 22.7 Å². The molecule has 0 saturated carbocycles. The summed E-state index contributed by atoms with van der Waals surface area (Å²) in [5, 5.41) is 7.97. The van der Waals surface area contributed by atoms with Crippen LogP contribution in [0.25, 0.3) is 0 Å². The van der Waals surface area contributed by atoms with Crippen molar-refractivity contribution in [1.29, 1.82) is 0 Å². The molecule has 0 aliphatic heterocycles. The summed E-state index contributed by atoms with van der Waals surface area (Å²) in [7, 11) is -4.21. The van der Waals surface area contributed by atoms with E-state index in [1.165, 1.54) is 23.1 Å². The molecule has 0 bridgehead atoms. The van der Waals surface area contributed by atoms with Gasteiger partial charge in [0.2, 0.25) is 0 Å². The number of carbonyl (C=O) groups is 1. The second-order valence-corrected chi connectivity index (χ2v) is 6.61. The van der Waals surface area contributed by atoms with Gasteiger partial charge in [-0.2, -0.15) is 0 Å². The van der Waals surface area contributed by atoms with Crippen LogP contribution in [0.2, 0.25) is 0 Å². The lowest BCUT2D eigenvalue weighted by molar-refractivity contribution is 0.0785. The molecule has 0 saturated heterocycles. The van der Waals surface area contributed by atoms with E-state index < -0.39 is 33.9 Å². The summed E-state index contributed by atoms with van der Waals surface area (Å²) in [5.41, 5.74) is -0.381. The second kappa shape index (κ2) is 7.48. The van der Waals surface area contributed by atoms with Gasteiger partial charge in [0, 0.05) is 6.04 Å². The number of nitrogens with one attached hydrogen (secondary N) is 1. The van der Waals surface area contributed by atoms with Crippen molar-refractivity contribution in [2.24, 2.45) is 0 Å². The van der Waals surface area contributed by atoms with E-state index in [-0.39, 0.29) is 11.6 Å². The molecule has 0 fully saturated rings. The highest BCUT2D eigenvalue weighted by Gasteiger charge is 2.32. The molecule has 0 aliphatic rings. The first-order valence-corrected chi connectivity index (χ1v) is 8.09. The number of halogens is 1. The van der Waals surface area contributed by atoms with Crippen LogP contribution in [-0.4, -0.2) is 42.5 Å². The largest absolute Gasteiger partial charge is 0.381 e. The molecule has 0 radical (unpaired) electrons. The Morgan fingerprint density at radius 3 is 2.50 bits per heavy atom. The lowest BCUT2D eigenvalue weighted by atomic mass is 10.2. The van der Waals surface area contributed by atoms with Crippen LogP contribution < -0.4 is 4.72 Å². The van der Waals surface area contributed by atoms with Crippen molar-refractivity contribution < 1.29 is 22.7 Å². The van der Waals surface area contributed by atoms with Crippen LogP contribution in [0.4, 0.5) is 4.39 Å². The Morgan fingerprint density at radius 2 is 2.05 bits per heavy atom. The van der Waals surface area contributed by atoms with Crippen molar-refractivity contribution in [2.45, 2.75) is 25.3 Å². The molecule has 22 heavy (non-hydrogen) atoms. The highest BCUT2D eigenvalue weighted by Crippen LogP contribution is 2.13. The third-order valence-electron chi connectivity index (χ3n) is 3.03. The van der Waals surface area contributed by atoms with Crippen molar-refractivity contribution in [1.82, 2.24) is 9.62 Å². The van der Waals surface area contributed by atoms with Gasteiger partial charge < -0.3 is 5.11 Å². The highest BCUT2D eigenvalue weighted by atomic mass is 32.2. The minimum atomic E-state index is -4.21. The third kappa shape index (κ3) is 4.12. The predicted molar refractivity (Wildman–Crippen MR) is 80.8 cm³/mol. The molecule has 0 aliphatic carbocycles. The minimum absolute atomic E-state index is 0.312. The molecule has 1 unspecified atom stereocenters.